The molecule has 4 aliphatic rings. The zero-order valence-corrected chi connectivity index (χ0v) is 24.5. The molecule has 1 heterocycles. The molecule has 8 heteroatoms. The predicted molar refractivity (Wildman–Crippen MR) is 148 cm³/mol. The fraction of sp³-hybridized carbons (Fsp3) is 0.733. The lowest BCUT2D eigenvalue weighted by molar-refractivity contribution is -0.199. The van der Waals surface area contributed by atoms with Gasteiger partial charge in [0, 0.05) is 6.42 Å². The lowest BCUT2D eigenvalue weighted by atomic mass is 9.43. The summed E-state index contributed by atoms with van der Waals surface area (Å²) < 4.78 is 24.7. The standard InChI is InChI=1S/C30H46BNO6/c1-9-10-11-15-25(33)32-24(31-37-23-18-20-17-22(29(20,5)6)30(23,7)38-31)16-19-13-12-14-21(26(19)35-8)27(34)36-28(2,3)4/h12-14,20,22-24H,9-11,15-18H2,1-8H3,(H,32,33). The van der Waals surface area contributed by atoms with E-state index in [1.54, 1.807) is 13.2 Å². The molecule has 1 saturated heterocycles. The van der Waals surface area contributed by atoms with Crippen LogP contribution in [0, 0.1) is 17.3 Å². The summed E-state index contributed by atoms with van der Waals surface area (Å²) in [6.45, 7) is 14.5. The minimum absolute atomic E-state index is 0.0115. The summed E-state index contributed by atoms with van der Waals surface area (Å²) >= 11 is 0. The summed E-state index contributed by atoms with van der Waals surface area (Å²) in [5.74, 6) is 0.648. The first kappa shape index (κ1) is 28.9. The summed E-state index contributed by atoms with van der Waals surface area (Å²) in [6.07, 6.45) is 5.93. The predicted octanol–water partition coefficient (Wildman–Crippen LogP) is 5.53. The van der Waals surface area contributed by atoms with Crippen molar-refractivity contribution in [3.8, 4) is 5.75 Å². The Labute approximate surface area is 228 Å². The highest BCUT2D eigenvalue weighted by Crippen LogP contribution is 2.65. The maximum Gasteiger partial charge on any atom is 0.482 e. The van der Waals surface area contributed by atoms with Gasteiger partial charge in [0.15, 0.2) is 0 Å². The van der Waals surface area contributed by atoms with Gasteiger partial charge >= 0.3 is 13.1 Å². The van der Waals surface area contributed by atoms with Gasteiger partial charge < -0.3 is 24.1 Å². The number of nitrogens with one attached hydrogen (secondary N) is 1. The van der Waals surface area contributed by atoms with E-state index in [1.807, 2.05) is 32.9 Å². The third-order valence-corrected chi connectivity index (χ3v) is 9.01. The average Bonchev–Trinajstić information content (AvgIpc) is 3.19. The third-order valence-electron chi connectivity index (χ3n) is 9.01. The van der Waals surface area contributed by atoms with E-state index < -0.39 is 24.6 Å². The number of amides is 1. The summed E-state index contributed by atoms with van der Waals surface area (Å²) in [7, 11) is 0.976. The van der Waals surface area contributed by atoms with Gasteiger partial charge in [0.2, 0.25) is 5.91 Å². The Hall–Kier alpha value is -2.06. The molecule has 1 N–H and O–H groups in total. The Bertz CT molecular complexity index is 1040. The average molecular weight is 528 g/mol. The van der Waals surface area contributed by atoms with Crippen LogP contribution in [0.15, 0.2) is 18.2 Å². The summed E-state index contributed by atoms with van der Waals surface area (Å²) in [6, 6.07) is 5.46. The van der Waals surface area contributed by atoms with Gasteiger partial charge in [0.25, 0.3) is 0 Å². The van der Waals surface area contributed by atoms with Crippen LogP contribution in [0.2, 0.25) is 0 Å². The van der Waals surface area contributed by atoms with Gasteiger partial charge in [-0.2, -0.15) is 0 Å². The van der Waals surface area contributed by atoms with E-state index in [0.29, 0.717) is 36.0 Å². The Morgan fingerprint density at radius 1 is 1.18 bits per heavy atom. The Balaban J connectivity index is 1.59. The maximum absolute atomic E-state index is 13.0. The molecule has 7 nitrogen and oxygen atoms in total. The van der Waals surface area contributed by atoms with Crippen LogP contribution in [-0.4, -0.2) is 49.4 Å². The minimum atomic E-state index is -0.626. The number of benzene rings is 1. The van der Waals surface area contributed by atoms with Crippen molar-refractivity contribution in [3.05, 3.63) is 29.3 Å². The van der Waals surface area contributed by atoms with Crippen LogP contribution >= 0.6 is 0 Å². The number of hydrogen-bond acceptors (Lipinski definition) is 6. The summed E-state index contributed by atoms with van der Waals surface area (Å²) in [5.41, 5.74) is 0.388. The molecule has 5 rings (SSSR count). The van der Waals surface area contributed by atoms with E-state index in [-0.39, 0.29) is 23.0 Å². The zero-order chi connectivity index (χ0) is 27.9. The second-order valence-corrected chi connectivity index (χ2v) is 13.2. The highest BCUT2D eigenvalue weighted by atomic mass is 16.7. The number of ether oxygens (including phenoxy) is 2. The largest absolute Gasteiger partial charge is 0.496 e. The van der Waals surface area contributed by atoms with E-state index in [0.717, 1.165) is 37.7 Å². The molecule has 5 atom stereocenters. The number of esters is 1. The number of hydrogen-bond donors (Lipinski definition) is 1. The second kappa shape index (κ2) is 10.8. The van der Waals surface area contributed by atoms with Crippen LogP contribution in [0.1, 0.15) is 103 Å². The molecule has 1 aliphatic heterocycles. The fourth-order valence-electron chi connectivity index (χ4n) is 6.82. The van der Waals surface area contributed by atoms with Gasteiger partial charge in [-0.25, -0.2) is 4.79 Å². The molecule has 5 unspecified atom stereocenters. The lowest BCUT2D eigenvalue weighted by Gasteiger charge is -2.64. The Morgan fingerprint density at radius 3 is 2.55 bits per heavy atom. The highest BCUT2D eigenvalue weighted by Gasteiger charge is 2.68. The quantitative estimate of drug-likeness (QED) is 0.245. The van der Waals surface area contributed by atoms with Crippen LogP contribution in [0.3, 0.4) is 0 Å². The molecule has 1 aromatic carbocycles. The van der Waals surface area contributed by atoms with Crippen molar-refractivity contribution in [2.45, 2.75) is 117 Å². The molecule has 1 amide bonds. The van der Waals surface area contributed by atoms with Gasteiger partial charge in [0.05, 0.1) is 24.8 Å². The van der Waals surface area contributed by atoms with Crippen LogP contribution in [0.25, 0.3) is 0 Å². The van der Waals surface area contributed by atoms with Gasteiger partial charge in [-0.1, -0.05) is 45.7 Å². The van der Waals surface area contributed by atoms with Gasteiger partial charge in [-0.05, 0) is 82.3 Å². The smallest absolute Gasteiger partial charge is 0.482 e. The first-order chi connectivity index (χ1) is 17.8. The van der Waals surface area contributed by atoms with E-state index in [1.165, 1.54) is 0 Å². The first-order valence-electron chi connectivity index (χ1n) is 14.3. The van der Waals surface area contributed by atoms with E-state index >= 15 is 0 Å². The summed E-state index contributed by atoms with van der Waals surface area (Å²) in [5, 5.41) is 3.22. The molecule has 0 spiro atoms. The molecule has 0 aromatic heterocycles. The van der Waals surface area contributed by atoms with Crippen molar-refractivity contribution < 1.29 is 28.4 Å². The molecular weight excluding hydrogens is 481 g/mol. The Kier molecular flexibility index (Phi) is 8.26. The SMILES string of the molecule is CCCCCC(=O)NC(Cc1cccc(C(=O)OC(C)(C)C)c1OC)B1OC2CC3CC(C3(C)C)C2(C)O1. The van der Waals surface area contributed by atoms with E-state index in [9.17, 15) is 9.59 Å². The van der Waals surface area contributed by atoms with Crippen LogP contribution in [-0.2, 0) is 25.3 Å². The molecule has 210 valence electrons. The summed E-state index contributed by atoms with van der Waals surface area (Å²) in [4.78, 5) is 26.0. The van der Waals surface area contributed by atoms with Gasteiger partial charge in [0.1, 0.15) is 16.9 Å². The fourth-order valence-corrected chi connectivity index (χ4v) is 6.82. The molecule has 4 fully saturated rings. The molecule has 0 radical (unpaired) electrons. The topological polar surface area (TPSA) is 83.1 Å². The number of para-hydroxylation sites is 1. The lowest BCUT2D eigenvalue weighted by Crippen LogP contribution is -2.65. The van der Waals surface area contributed by atoms with Crippen molar-refractivity contribution in [2.75, 3.05) is 7.11 Å². The Morgan fingerprint density at radius 2 is 1.92 bits per heavy atom. The van der Waals surface area contributed by atoms with Crippen molar-refractivity contribution in [1.82, 2.24) is 5.32 Å². The van der Waals surface area contributed by atoms with Gasteiger partial charge in [-0.3, -0.25) is 4.79 Å². The number of carbonyl (C=O) groups excluding carboxylic acids is 2. The van der Waals surface area contributed by atoms with E-state index in [2.05, 4.69) is 33.0 Å². The van der Waals surface area contributed by atoms with Crippen molar-refractivity contribution in [2.24, 2.45) is 17.3 Å². The minimum Gasteiger partial charge on any atom is -0.496 e. The molecule has 38 heavy (non-hydrogen) atoms. The zero-order valence-electron chi connectivity index (χ0n) is 24.5. The second-order valence-electron chi connectivity index (χ2n) is 13.2. The molecule has 3 aliphatic carbocycles. The van der Waals surface area contributed by atoms with Crippen molar-refractivity contribution in [1.29, 1.82) is 0 Å². The third kappa shape index (κ3) is 5.62. The molecule has 1 aromatic rings. The molecule has 3 saturated carbocycles. The first-order valence-corrected chi connectivity index (χ1v) is 14.3. The van der Waals surface area contributed by atoms with Crippen LogP contribution < -0.4 is 10.1 Å². The number of unbranched alkanes of at least 4 members (excludes halogenated alkanes) is 2. The number of rotatable bonds is 10. The number of carbonyl (C=O) groups is 2. The highest BCUT2D eigenvalue weighted by molar-refractivity contribution is 6.48. The monoisotopic (exact) mass is 527 g/mol. The van der Waals surface area contributed by atoms with Crippen molar-refractivity contribution in [3.63, 3.8) is 0 Å². The van der Waals surface area contributed by atoms with Crippen molar-refractivity contribution >= 4 is 19.0 Å². The molecule has 2 bridgehead atoms. The normalized spacial score (nSPS) is 28.2. The molecular formula is C30H46BNO6. The maximum atomic E-state index is 13.0. The van der Waals surface area contributed by atoms with Crippen LogP contribution in [0.5, 0.6) is 5.75 Å². The van der Waals surface area contributed by atoms with E-state index in [4.69, 9.17) is 18.8 Å². The number of methoxy groups -OCH3 is 1. The van der Waals surface area contributed by atoms with Gasteiger partial charge in [-0.15, -0.1) is 0 Å². The van der Waals surface area contributed by atoms with Crippen LogP contribution in [0.4, 0.5) is 0 Å².